The number of rotatable bonds is 2. The van der Waals surface area contributed by atoms with Crippen LogP contribution in [0, 0.1) is 6.92 Å². The van der Waals surface area contributed by atoms with E-state index < -0.39 is 0 Å². The van der Waals surface area contributed by atoms with Gasteiger partial charge in [0.2, 0.25) is 0 Å². The number of fused-ring (bicyclic) bond motifs is 4. The summed E-state index contributed by atoms with van der Waals surface area (Å²) < 4.78 is 0.863. The Kier molecular flexibility index (Phi) is 4.43. The van der Waals surface area contributed by atoms with Crippen molar-refractivity contribution >= 4 is 39.3 Å². The molecule has 5 rings (SSSR count). The highest BCUT2D eigenvalue weighted by Gasteiger charge is 2.40. The second-order valence-electron chi connectivity index (χ2n) is 7.27. The molecule has 8 heteroatoms. The molecule has 3 aromatic heterocycles. The van der Waals surface area contributed by atoms with Gasteiger partial charge in [0.15, 0.2) is 5.82 Å². The van der Waals surface area contributed by atoms with Gasteiger partial charge in [-0.3, -0.25) is 15.2 Å². The lowest BCUT2D eigenvalue weighted by atomic mass is 10.1. The van der Waals surface area contributed by atoms with Gasteiger partial charge in [0, 0.05) is 41.2 Å². The van der Waals surface area contributed by atoms with Crippen LogP contribution >= 0.6 is 15.9 Å². The number of nitrogens with zero attached hydrogens (tertiary/aromatic N) is 5. The number of carbonyl (C=O) groups excluding carboxylic acids is 1. The molecule has 0 aromatic carbocycles. The molecule has 1 unspecified atom stereocenters. The summed E-state index contributed by atoms with van der Waals surface area (Å²) in [6, 6.07) is 11.5. The Bertz CT molecular complexity index is 1100. The van der Waals surface area contributed by atoms with Crippen molar-refractivity contribution in [1.82, 2.24) is 15.0 Å². The molecule has 0 radical (unpaired) electrons. The van der Waals surface area contributed by atoms with E-state index in [1.807, 2.05) is 31.2 Å². The highest BCUT2D eigenvalue weighted by atomic mass is 79.9. The lowest BCUT2D eigenvalue weighted by Gasteiger charge is -2.35. The molecule has 0 saturated carbocycles. The maximum absolute atomic E-state index is 13.2. The lowest BCUT2D eigenvalue weighted by Crippen LogP contribution is -2.48. The van der Waals surface area contributed by atoms with E-state index in [0.717, 1.165) is 46.6 Å². The quantitative estimate of drug-likeness (QED) is 0.631. The normalized spacial score (nSPS) is 17.2. The second-order valence-corrected chi connectivity index (χ2v) is 8.19. The van der Waals surface area contributed by atoms with Gasteiger partial charge in [-0.25, -0.2) is 14.8 Å². The summed E-state index contributed by atoms with van der Waals surface area (Å²) >= 11 is 3.42. The van der Waals surface area contributed by atoms with Crippen molar-refractivity contribution in [3.05, 3.63) is 59.0 Å². The zero-order valence-electron chi connectivity index (χ0n) is 15.8. The summed E-state index contributed by atoms with van der Waals surface area (Å²) in [6.45, 7) is 3.70. The Morgan fingerprint density at radius 3 is 2.86 bits per heavy atom. The van der Waals surface area contributed by atoms with Crippen LogP contribution in [0.25, 0.3) is 11.3 Å². The van der Waals surface area contributed by atoms with Crippen LogP contribution in [0.2, 0.25) is 0 Å². The summed E-state index contributed by atoms with van der Waals surface area (Å²) in [5.41, 5.74) is 3.74. The SMILES string of the molecule is Cc1cc(-c2ccc3c(n2)N(C(=O)Nc2cc(Br)ccn2)C2CCN3C2)ccn1. The van der Waals surface area contributed by atoms with Gasteiger partial charge in [-0.2, -0.15) is 0 Å². The maximum atomic E-state index is 13.2. The standard InChI is InChI=1S/C21H19BrN6O/c1-13-10-14(4-7-23-13)17-2-3-18-20(25-17)28(16-6-9-27(18)12-16)21(29)26-19-11-15(22)5-8-24-19/h2-5,7-8,10-11,16H,6,9,12H2,1H3,(H,24,26,29). The molecule has 0 spiro atoms. The van der Waals surface area contributed by atoms with Gasteiger partial charge in [0.1, 0.15) is 5.82 Å². The van der Waals surface area contributed by atoms with Crippen molar-refractivity contribution in [2.24, 2.45) is 0 Å². The van der Waals surface area contributed by atoms with Crippen LogP contribution in [-0.2, 0) is 0 Å². The van der Waals surface area contributed by atoms with Crippen LogP contribution < -0.4 is 15.1 Å². The first kappa shape index (κ1) is 18.1. The zero-order valence-corrected chi connectivity index (χ0v) is 17.4. The number of hydrogen-bond acceptors (Lipinski definition) is 5. The van der Waals surface area contributed by atoms with Crippen LogP contribution in [0.3, 0.4) is 0 Å². The summed E-state index contributed by atoms with van der Waals surface area (Å²) in [4.78, 5) is 30.7. The molecule has 2 amide bonds. The molecule has 1 atom stereocenters. The van der Waals surface area contributed by atoms with E-state index >= 15 is 0 Å². The van der Waals surface area contributed by atoms with Gasteiger partial charge in [-0.15, -0.1) is 0 Å². The molecule has 1 N–H and O–H groups in total. The maximum Gasteiger partial charge on any atom is 0.329 e. The number of nitrogens with one attached hydrogen (secondary N) is 1. The van der Waals surface area contributed by atoms with Gasteiger partial charge in [-0.05, 0) is 49.7 Å². The van der Waals surface area contributed by atoms with Crippen molar-refractivity contribution in [2.45, 2.75) is 19.4 Å². The highest BCUT2D eigenvalue weighted by Crippen LogP contribution is 2.40. The fraction of sp³-hybridized carbons (Fsp3) is 0.238. The zero-order chi connectivity index (χ0) is 20.0. The third-order valence-electron chi connectivity index (χ3n) is 5.32. The average Bonchev–Trinajstić information content (AvgIpc) is 3.12. The van der Waals surface area contributed by atoms with Crippen molar-refractivity contribution < 1.29 is 4.79 Å². The smallest absolute Gasteiger partial charge is 0.329 e. The summed E-state index contributed by atoms with van der Waals surface area (Å²) in [6.07, 6.45) is 4.35. The van der Waals surface area contributed by atoms with E-state index in [1.54, 1.807) is 23.4 Å². The van der Waals surface area contributed by atoms with E-state index in [4.69, 9.17) is 4.98 Å². The van der Waals surface area contributed by atoms with E-state index in [0.29, 0.717) is 11.6 Å². The van der Waals surface area contributed by atoms with Crippen molar-refractivity contribution in [2.75, 3.05) is 28.2 Å². The number of hydrogen-bond donors (Lipinski definition) is 1. The molecule has 29 heavy (non-hydrogen) atoms. The molecule has 146 valence electrons. The third kappa shape index (κ3) is 3.33. The third-order valence-corrected chi connectivity index (χ3v) is 5.81. The number of anilines is 3. The van der Waals surface area contributed by atoms with Gasteiger partial charge < -0.3 is 4.90 Å². The number of carbonyl (C=O) groups is 1. The van der Waals surface area contributed by atoms with Gasteiger partial charge in [0.05, 0.1) is 17.4 Å². The van der Waals surface area contributed by atoms with Gasteiger partial charge >= 0.3 is 6.03 Å². The Balaban J connectivity index is 1.53. The molecule has 1 saturated heterocycles. The summed E-state index contributed by atoms with van der Waals surface area (Å²) in [7, 11) is 0. The summed E-state index contributed by atoms with van der Waals surface area (Å²) in [5.74, 6) is 1.20. The van der Waals surface area contributed by atoms with E-state index in [-0.39, 0.29) is 12.1 Å². The minimum absolute atomic E-state index is 0.0941. The fourth-order valence-electron chi connectivity index (χ4n) is 3.98. The lowest BCUT2D eigenvalue weighted by molar-refractivity contribution is 0.254. The van der Waals surface area contributed by atoms with Crippen LogP contribution in [0.15, 0.2) is 53.3 Å². The van der Waals surface area contributed by atoms with E-state index in [1.165, 1.54) is 0 Å². The average molecular weight is 451 g/mol. The molecule has 3 aromatic rings. The Morgan fingerprint density at radius 2 is 2.03 bits per heavy atom. The molecule has 7 nitrogen and oxygen atoms in total. The van der Waals surface area contributed by atoms with Crippen molar-refractivity contribution in [1.29, 1.82) is 0 Å². The molecule has 2 aliphatic heterocycles. The summed E-state index contributed by atoms with van der Waals surface area (Å²) in [5, 5.41) is 2.92. The topological polar surface area (TPSA) is 74.2 Å². The Hall–Kier alpha value is -3.00. The largest absolute Gasteiger partial charge is 0.366 e. The van der Waals surface area contributed by atoms with Gasteiger partial charge in [-0.1, -0.05) is 15.9 Å². The fourth-order valence-corrected chi connectivity index (χ4v) is 4.32. The predicted molar refractivity (Wildman–Crippen MR) is 116 cm³/mol. The number of halogens is 1. The number of aryl methyl sites for hydroxylation is 1. The van der Waals surface area contributed by atoms with Crippen LogP contribution in [-0.4, -0.2) is 40.1 Å². The molecule has 2 bridgehead atoms. The first-order valence-corrected chi connectivity index (χ1v) is 10.3. The minimum Gasteiger partial charge on any atom is -0.366 e. The minimum atomic E-state index is -0.209. The van der Waals surface area contributed by atoms with Crippen LogP contribution in [0.1, 0.15) is 12.1 Å². The molecular formula is C21H19BrN6O. The van der Waals surface area contributed by atoms with E-state index in [2.05, 4.69) is 42.2 Å². The molecule has 2 aliphatic rings. The van der Waals surface area contributed by atoms with Crippen LogP contribution in [0.5, 0.6) is 0 Å². The number of aromatic nitrogens is 3. The molecule has 0 aliphatic carbocycles. The number of amides is 2. The van der Waals surface area contributed by atoms with Gasteiger partial charge in [0.25, 0.3) is 0 Å². The van der Waals surface area contributed by atoms with Crippen LogP contribution in [0.4, 0.5) is 22.1 Å². The number of urea groups is 1. The molecule has 1 fully saturated rings. The Labute approximate surface area is 176 Å². The molecule has 5 heterocycles. The molecular weight excluding hydrogens is 432 g/mol. The first-order valence-electron chi connectivity index (χ1n) is 9.49. The predicted octanol–water partition coefficient (Wildman–Crippen LogP) is 4.24. The monoisotopic (exact) mass is 450 g/mol. The Morgan fingerprint density at radius 1 is 1.17 bits per heavy atom. The first-order chi connectivity index (χ1) is 14.1. The van der Waals surface area contributed by atoms with E-state index in [9.17, 15) is 4.79 Å². The van der Waals surface area contributed by atoms with Crippen molar-refractivity contribution in [3.8, 4) is 11.3 Å². The van der Waals surface area contributed by atoms with Crippen molar-refractivity contribution in [3.63, 3.8) is 0 Å². The number of pyridine rings is 3. The highest BCUT2D eigenvalue weighted by molar-refractivity contribution is 9.10. The second kappa shape index (κ2) is 7.11.